The Balaban J connectivity index is 1.77. The van der Waals surface area contributed by atoms with Crippen molar-refractivity contribution in [3.63, 3.8) is 0 Å². The number of ether oxygens (including phenoxy) is 2. The van der Waals surface area contributed by atoms with Gasteiger partial charge in [-0.3, -0.25) is 4.79 Å². The van der Waals surface area contributed by atoms with E-state index in [1.54, 1.807) is 24.3 Å². The van der Waals surface area contributed by atoms with Crippen molar-refractivity contribution in [1.82, 2.24) is 0 Å². The number of anilines is 1. The van der Waals surface area contributed by atoms with E-state index in [0.717, 1.165) is 15.7 Å². The van der Waals surface area contributed by atoms with Crippen LogP contribution in [0.5, 0.6) is 5.75 Å². The first-order valence-corrected chi connectivity index (χ1v) is 8.33. The second-order valence-corrected chi connectivity index (χ2v) is 6.28. The minimum atomic E-state index is -4.51. The summed E-state index contributed by atoms with van der Waals surface area (Å²) in [5.41, 5.74) is -0.936. The Morgan fingerprint density at radius 2 is 1.73 bits per heavy atom. The minimum Gasteiger partial charge on any atom is -0.482 e. The van der Waals surface area contributed by atoms with Gasteiger partial charge in [0.25, 0.3) is 5.91 Å². The molecule has 5 nitrogen and oxygen atoms in total. The highest BCUT2D eigenvalue weighted by molar-refractivity contribution is 14.1. The number of amides is 1. The fourth-order valence-corrected chi connectivity index (χ4v) is 2.19. The Morgan fingerprint density at radius 3 is 2.38 bits per heavy atom. The first-order chi connectivity index (χ1) is 12.2. The first-order valence-electron chi connectivity index (χ1n) is 7.25. The predicted octanol–water partition coefficient (Wildman–Crippen LogP) is 3.87. The molecule has 0 radical (unpaired) electrons. The van der Waals surface area contributed by atoms with E-state index in [4.69, 9.17) is 9.47 Å². The molecule has 1 N–H and O–H groups in total. The summed E-state index contributed by atoms with van der Waals surface area (Å²) >= 11 is 2.12. The molecule has 0 atom stereocenters. The number of carbonyl (C=O) groups is 2. The fourth-order valence-electron chi connectivity index (χ4n) is 1.83. The van der Waals surface area contributed by atoms with Crippen LogP contribution < -0.4 is 10.1 Å². The number of rotatable bonds is 6. The van der Waals surface area contributed by atoms with Gasteiger partial charge in [-0.05, 0) is 65.1 Å². The molecule has 2 aromatic rings. The van der Waals surface area contributed by atoms with Crippen molar-refractivity contribution in [3.05, 3.63) is 57.7 Å². The molecule has 0 spiro atoms. The molecule has 0 aromatic heterocycles. The number of hydrogen-bond acceptors (Lipinski definition) is 4. The summed E-state index contributed by atoms with van der Waals surface area (Å²) in [6, 6.07) is 11.1. The molecule has 0 bridgehead atoms. The van der Waals surface area contributed by atoms with Gasteiger partial charge in [-0.1, -0.05) is 6.07 Å². The lowest BCUT2D eigenvalue weighted by Gasteiger charge is -2.10. The monoisotopic (exact) mass is 479 g/mol. The van der Waals surface area contributed by atoms with Crippen LogP contribution in [0.25, 0.3) is 0 Å². The van der Waals surface area contributed by atoms with Crippen LogP contribution in [0.1, 0.15) is 5.56 Å². The molecule has 0 heterocycles. The summed E-state index contributed by atoms with van der Waals surface area (Å²) in [6.07, 6.45) is -4.51. The molecule has 0 aliphatic heterocycles. The zero-order valence-electron chi connectivity index (χ0n) is 13.2. The molecule has 26 heavy (non-hydrogen) atoms. The summed E-state index contributed by atoms with van der Waals surface area (Å²) in [7, 11) is 0. The first kappa shape index (κ1) is 20.0. The average Bonchev–Trinajstić information content (AvgIpc) is 2.59. The number of nitrogens with one attached hydrogen (secondary N) is 1. The summed E-state index contributed by atoms with van der Waals surface area (Å²) in [6.45, 7) is -1.03. The number of hydrogen-bond donors (Lipinski definition) is 1. The maximum Gasteiger partial charge on any atom is 0.416 e. The van der Waals surface area contributed by atoms with E-state index in [1.807, 2.05) is 0 Å². The number of esters is 1. The molecule has 0 unspecified atom stereocenters. The van der Waals surface area contributed by atoms with E-state index in [1.165, 1.54) is 12.1 Å². The van der Waals surface area contributed by atoms with Crippen molar-refractivity contribution in [1.29, 1.82) is 0 Å². The zero-order chi connectivity index (χ0) is 19.2. The van der Waals surface area contributed by atoms with Gasteiger partial charge in [0, 0.05) is 9.26 Å². The standard InChI is InChI=1S/C17H13F3INO4/c18-17(19,20)11-2-1-3-13(8-11)22-15(23)9-26-16(24)10-25-14-6-4-12(21)5-7-14/h1-8H,9-10H2,(H,22,23). The van der Waals surface area contributed by atoms with Crippen LogP contribution in [0.15, 0.2) is 48.5 Å². The van der Waals surface area contributed by atoms with E-state index >= 15 is 0 Å². The molecule has 9 heteroatoms. The molecule has 1 amide bonds. The van der Waals surface area contributed by atoms with E-state index in [2.05, 4.69) is 27.9 Å². The number of benzene rings is 2. The van der Waals surface area contributed by atoms with E-state index in [0.29, 0.717) is 5.75 Å². The maximum atomic E-state index is 12.6. The van der Waals surface area contributed by atoms with Crippen LogP contribution in [0.2, 0.25) is 0 Å². The Bertz CT molecular complexity index is 778. The normalized spacial score (nSPS) is 10.9. The minimum absolute atomic E-state index is 0.0454. The molecule has 2 aromatic carbocycles. The highest BCUT2D eigenvalue weighted by Gasteiger charge is 2.30. The lowest BCUT2D eigenvalue weighted by atomic mass is 10.2. The fraction of sp³-hybridized carbons (Fsp3) is 0.176. The topological polar surface area (TPSA) is 64.6 Å². The maximum absolute atomic E-state index is 12.6. The molecule has 0 saturated heterocycles. The molecule has 2 rings (SSSR count). The third-order valence-electron chi connectivity index (χ3n) is 3.01. The lowest BCUT2D eigenvalue weighted by molar-refractivity contribution is -0.149. The van der Waals surface area contributed by atoms with Crippen molar-refractivity contribution in [2.45, 2.75) is 6.18 Å². The molecule has 0 aliphatic carbocycles. The Kier molecular flexibility index (Phi) is 6.83. The molecule has 0 aliphatic rings. The largest absolute Gasteiger partial charge is 0.482 e. The summed E-state index contributed by atoms with van der Waals surface area (Å²) < 4.78 is 48.7. The SMILES string of the molecule is O=C(COC(=O)COc1ccc(I)cc1)Nc1cccc(C(F)(F)F)c1. The van der Waals surface area contributed by atoms with E-state index < -0.39 is 36.8 Å². The van der Waals surface area contributed by atoms with E-state index in [9.17, 15) is 22.8 Å². The third kappa shape index (κ3) is 6.54. The molecule has 0 fully saturated rings. The van der Waals surface area contributed by atoms with Gasteiger partial charge in [-0.15, -0.1) is 0 Å². The summed E-state index contributed by atoms with van der Waals surface area (Å²) in [5, 5.41) is 2.23. The number of carbonyl (C=O) groups excluding carboxylic acids is 2. The van der Waals surface area contributed by atoms with Gasteiger partial charge in [0.1, 0.15) is 5.75 Å². The smallest absolute Gasteiger partial charge is 0.416 e. The Morgan fingerprint density at radius 1 is 1.04 bits per heavy atom. The van der Waals surface area contributed by atoms with Crippen LogP contribution in [0.3, 0.4) is 0 Å². The molecular formula is C17H13F3INO4. The quantitative estimate of drug-likeness (QED) is 0.505. The molecule has 0 saturated carbocycles. The van der Waals surface area contributed by atoms with Crippen LogP contribution in [-0.2, 0) is 20.5 Å². The third-order valence-corrected chi connectivity index (χ3v) is 3.73. The lowest BCUT2D eigenvalue weighted by Crippen LogP contribution is -2.23. The van der Waals surface area contributed by atoms with Gasteiger partial charge < -0.3 is 14.8 Å². The van der Waals surface area contributed by atoms with Crippen LogP contribution in [0, 0.1) is 3.57 Å². The highest BCUT2D eigenvalue weighted by Crippen LogP contribution is 2.30. The van der Waals surface area contributed by atoms with Crippen LogP contribution in [-0.4, -0.2) is 25.1 Å². The number of alkyl halides is 3. The van der Waals surface area contributed by atoms with Crippen LogP contribution >= 0.6 is 22.6 Å². The van der Waals surface area contributed by atoms with Crippen molar-refractivity contribution in [3.8, 4) is 5.75 Å². The number of halogens is 4. The van der Waals surface area contributed by atoms with Crippen LogP contribution in [0.4, 0.5) is 18.9 Å². The van der Waals surface area contributed by atoms with Crippen molar-refractivity contribution in [2.75, 3.05) is 18.5 Å². The molecule has 138 valence electrons. The van der Waals surface area contributed by atoms with Gasteiger partial charge in [0.2, 0.25) is 0 Å². The van der Waals surface area contributed by atoms with Gasteiger partial charge in [0.05, 0.1) is 5.56 Å². The van der Waals surface area contributed by atoms with Crippen molar-refractivity contribution in [2.24, 2.45) is 0 Å². The van der Waals surface area contributed by atoms with Crippen molar-refractivity contribution < 1.29 is 32.2 Å². The van der Waals surface area contributed by atoms with Crippen molar-refractivity contribution >= 4 is 40.2 Å². The summed E-state index contributed by atoms with van der Waals surface area (Å²) in [4.78, 5) is 23.2. The second-order valence-electron chi connectivity index (χ2n) is 5.03. The highest BCUT2D eigenvalue weighted by atomic mass is 127. The second kappa shape index (κ2) is 8.88. The van der Waals surface area contributed by atoms with Gasteiger partial charge in [0.15, 0.2) is 13.2 Å². The Labute approximate surface area is 160 Å². The summed E-state index contributed by atoms with van der Waals surface area (Å²) in [5.74, 6) is -1.06. The van der Waals surface area contributed by atoms with E-state index in [-0.39, 0.29) is 5.69 Å². The molecular weight excluding hydrogens is 466 g/mol. The van der Waals surface area contributed by atoms with Gasteiger partial charge in [-0.2, -0.15) is 13.2 Å². The Hall–Kier alpha value is -2.30. The van der Waals surface area contributed by atoms with Gasteiger partial charge in [-0.25, -0.2) is 4.79 Å². The average molecular weight is 479 g/mol. The zero-order valence-corrected chi connectivity index (χ0v) is 15.3. The predicted molar refractivity (Wildman–Crippen MR) is 95.7 cm³/mol. The van der Waals surface area contributed by atoms with Gasteiger partial charge >= 0.3 is 12.1 Å².